The van der Waals surface area contributed by atoms with Gasteiger partial charge in [0.15, 0.2) is 6.10 Å². The molecule has 11 heteroatoms. The minimum absolute atomic E-state index is 0.127. The molecule has 1 N–H and O–H groups in total. The molecule has 1 amide bonds. The first kappa shape index (κ1) is 22.3. The highest BCUT2D eigenvalue weighted by molar-refractivity contribution is 7.92. The minimum Gasteiger partial charge on any atom is -0.476 e. The maximum absolute atomic E-state index is 13.4. The molecule has 0 fully saturated rings. The molecule has 3 aromatic carbocycles. The van der Waals surface area contributed by atoms with Crippen molar-refractivity contribution in [2.24, 2.45) is 0 Å². The fraction of sp³-hybridized carbons (Fsp3) is 0.0870. The van der Waals surface area contributed by atoms with Crippen molar-refractivity contribution in [1.82, 2.24) is 10.2 Å². The number of sulfonamides is 1. The molecule has 4 aromatic rings. The van der Waals surface area contributed by atoms with Gasteiger partial charge < -0.3 is 4.74 Å². The van der Waals surface area contributed by atoms with Crippen LogP contribution in [0.5, 0.6) is 5.75 Å². The second kappa shape index (κ2) is 9.05. The van der Waals surface area contributed by atoms with E-state index in [0.717, 1.165) is 5.56 Å². The summed E-state index contributed by atoms with van der Waals surface area (Å²) in [5.41, 5.74) is 1.18. The molecule has 1 atom stereocenters. The van der Waals surface area contributed by atoms with Gasteiger partial charge in [0.25, 0.3) is 15.9 Å². The number of nitrogens with zero attached hydrogens (tertiary/aromatic N) is 3. The summed E-state index contributed by atoms with van der Waals surface area (Å²) in [5, 5.41) is 12.3. The van der Waals surface area contributed by atoms with Crippen molar-refractivity contribution in [3.05, 3.63) is 83.9 Å². The van der Waals surface area contributed by atoms with Gasteiger partial charge in [-0.15, -0.1) is 10.2 Å². The number of ether oxygens (including phenoxy) is 1. The van der Waals surface area contributed by atoms with Crippen LogP contribution in [0, 0.1) is 0 Å². The standard InChI is InChI=1S/C23H17ClN4O4S2/c24-16-12-10-15(11-13-16)22-26-27-23(33-22)25-21(29)20-14-28(18-8-4-5-9-19(18)32-20)34(30,31)17-6-2-1-3-7-17/h1-13,20H,14H2,(H,25,27,29)/t20-/m1/s1. The predicted molar refractivity (Wildman–Crippen MR) is 131 cm³/mol. The van der Waals surface area contributed by atoms with E-state index >= 15 is 0 Å². The summed E-state index contributed by atoms with van der Waals surface area (Å²) >= 11 is 7.12. The smallest absolute Gasteiger partial charge is 0.269 e. The fourth-order valence-electron chi connectivity index (χ4n) is 3.45. The van der Waals surface area contributed by atoms with Gasteiger partial charge in [0.2, 0.25) is 5.13 Å². The quantitative estimate of drug-likeness (QED) is 0.424. The number of halogens is 1. The molecule has 0 spiro atoms. The Bertz CT molecular complexity index is 1440. The van der Waals surface area contributed by atoms with Crippen molar-refractivity contribution in [2.45, 2.75) is 11.0 Å². The first-order valence-electron chi connectivity index (χ1n) is 10.2. The van der Waals surface area contributed by atoms with Crippen molar-refractivity contribution in [1.29, 1.82) is 0 Å². The van der Waals surface area contributed by atoms with E-state index in [1.54, 1.807) is 54.6 Å². The van der Waals surface area contributed by atoms with Gasteiger partial charge >= 0.3 is 0 Å². The van der Waals surface area contributed by atoms with Crippen LogP contribution >= 0.6 is 22.9 Å². The molecule has 0 unspecified atom stereocenters. The number of fused-ring (bicyclic) bond motifs is 1. The Labute approximate surface area is 204 Å². The van der Waals surface area contributed by atoms with Crippen molar-refractivity contribution in [3.63, 3.8) is 0 Å². The number of amides is 1. The minimum atomic E-state index is -3.91. The number of benzene rings is 3. The first-order valence-corrected chi connectivity index (χ1v) is 12.8. The number of para-hydroxylation sites is 2. The Morgan fingerprint density at radius 3 is 2.47 bits per heavy atom. The summed E-state index contributed by atoms with van der Waals surface area (Å²) < 4.78 is 33.8. The summed E-state index contributed by atoms with van der Waals surface area (Å²) in [7, 11) is -3.91. The van der Waals surface area contributed by atoms with Gasteiger partial charge in [0.1, 0.15) is 10.8 Å². The zero-order valence-corrected chi connectivity index (χ0v) is 19.8. The number of rotatable bonds is 5. The van der Waals surface area contributed by atoms with Crippen LogP contribution in [0.25, 0.3) is 10.6 Å². The molecule has 1 aliphatic rings. The number of nitrogens with one attached hydrogen (secondary N) is 1. The third kappa shape index (κ3) is 4.35. The van der Waals surface area contributed by atoms with Gasteiger partial charge in [-0.05, 0) is 36.4 Å². The van der Waals surface area contributed by atoms with E-state index in [-0.39, 0.29) is 16.6 Å². The van der Waals surface area contributed by atoms with Crippen LogP contribution in [0.4, 0.5) is 10.8 Å². The van der Waals surface area contributed by atoms with Crippen LogP contribution in [-0.4, -0.2) is 37.2 Å². The largest absolute Gasteiger partial charge is 0.476 e. The summed E-state index contributed by atoms with van der Waals surface area (Å²) in [6.07, 6.45) is -1.09. The molecule has 5 rings (SSSR count). The van der Waals surface area contributed by atoms with Gasteiger partial charge in [-0.2, -0.15) is 0 Å². The Balaban J connectivity index is 1.39. The average molecular weight is 513 g/mol. The molecule has 1 aliphatic heterocycles. The molecular weight excluding hydrogens is 496 g/mol. The molecule has 0 aliphatic carbocycles. The molecule has 1 aromatic heterocycles. The second-order valence-electron chi connectivity index (χ2n) is 7.33. The van der Waals surface area contributed by atoms with Crippen molar-refractivity contribution in [3.8, 4) is 16.3 Å². The van der Waals surface area contributed by atoms with E-state index in [2.05, 4.69) is 15.5 Å². The van der Waals surface area contributed by atoms with Crippen LogP contribution in [-0.2, 0) is 14.8 Å². The molecule has 0 saturated carbocycles. The van der Waals surface area contributed by atoms with E-state index in [1.807, 2.05) is 12.1 Å². The average Bonchev–Trinajstić information content (AvgIpc) is 3.32. The normalized spacial score (nSPS) is 15.3. The summed E-state index contributed by atoms with van der Waals surface area (Å²) in [6, 6.07) is 21.9. The van der Waals surface area contributed by atoms with E-state index in [9.17, 15) is 13.2 Å². The summed E-state index contributed by atoms with van der Waals surface area (Å²) in [6.45, 7) is -0.192. The molecule has 0 saturated heterocycles. The van der Waals surface area contributed by atoms with Gasteiger partial charge in [-0.1, -0.05) is 65.4 Å². The van der Waals surface area contributed by atoms with Crippen molar-refractivity contribution in [2.75, 3.05) is 16.2 Å². The molecule has 0 bridgehead atoms. The lowest BCUT2D eigenvalue weighted by atomic mass is 10.2. The van der Waals surface area contributed by atoms with Crippen molar-refractivity contribution >= 4 is 49.7 Å². The third-order valence-corrected chi connectivity index (χ3v) is 8.04. The number of carbonyl (C=O) groups excluding carboxylic acids is 1. The van der Waals surface area contributed by atoms with Crippen molar-refractivity contribution < 1.29 is 17.9 Å². The lowest BCUT2D eigenvalue weighted by molar-refractivity contribution is -0.122. The number of aromatic nitrogens is 2. The Morgan fingerprint density at radius 1 is 1.00 bits per heavy atom. The monoisotopic (exact) mass is 512 g/mol. The van der Waals surface area contributed by atoms with Crippen LogP contribution in [0.3, 0.4) is 0 Å². The molecule has 172 valence electrons. The zero-order valence-electron chi connectivity index (χ0n) is 17.5. The Hall–Kier alpha value is -3.47. The van der Waals surface area contributed by atoms with E-state index in [0.29, 0.717) is 21.5 Å². The van der Waals surface area contributed by atoms with E-state index in [4.69, 9.17) is 16.3 Å². The highest BCUT2D eigenvalue weighted by Crippen LogP contribution is 2.37. The SMILES string of the molecule is O=C(Nc1nnc(-c2ccc(Cl)cc2)s1)[C@H]1CN(S(=O)(=O)c2ccccc2)c2ccccc2O1. The topological polar surface area (TPSA) is 101 Å². The molecule has 0 radical (unpaired) electrons. The zero-order chi connectivity index (χ0) is 23.7. The second-order valence-corrected chi connectivity index (χ2v) is 10.6. The van der Waals surface area contributed by atoms with Gasteiger partial charge in [-0.25, -0.2) is 8.42 Å². The molecule has 34 heavy (non-hydrogen) atoms. The van der Waals surface area contributed by atoms with Crippen LogP contribution in [0.1, 0.15) is 0 Å². The van der Waals surface area contributed by atoms with Crippen LogP contribution in [0.2, 0.25) is 5.02 Å². The summed E-state index contributed by atoms with van der Waals surface area (Å²) in [4.78, 5) is 13.2. The number of hydrogen-bond donors (Lipinski definition) is 1. The number of carbonyl (C=O) groups is 1. The van der Waals surface area contributed by atoms with Crippen LogP contribution in [0.15, 0.2) is 83.8 Å². The highest BCUT2D eigenvalue weighted by atomic mass is 35.5. The molecule has 2 heterocycles. The fourth-order valence-corrected chi connectivity index (χ4v) is 5.83. The van der Waals surface area contributed by atoms with Crippen LogP contribution < -0.4 is 14.4 Å². The number of anilines is 2. The Kier molecular flexibility index (Phi) is 5.94. The van der Waals surface area contributed by atoms with E-state index in [1.165, 1.54) is 27.8 Å². The maximum Gasteiger partial charge on any atom is 0.269 e. The molecule has 8 nitrogen and oxygen atoms in total. The van der Waals surface area contributed by atoms with Gasteiger partial charge in [-0.3, -0.25) is 14.4 Å². The van der Waals surface area contributed by atoms with E-state index < -0.39 is 22.0 Å². The lowest BCUT2D eigenvalue weighted by Gasteiger charge is -2.34. The Morgan fingerprint density at radius 2 is 1.71 bits per heavy atom. The number of hydrogen-bond acceptors (Lipinski definition) is 7. The van der Waals surface area contributed by atoms with Gasteiger partial charge in [0, 0.05) is 10.6 Å². The maximum atomic E-state index is 13.4. The van der Waals surface area contributed by atoms with Gasteiger partial charge in [0.05, 0.1) is 17.1 Å². The molecular formula is C23H17ClN4O4S2. The third-order valence-electron chi connectivity index (χ3n) is 5.10. The first-order chi connectivity index (χ1) is 16.4. The lowest BCUT2D eigenvalue weighted by Crippen LogP contribution is -2.48. The highest BCUT2D eigenvalue weighted by Gasteiger charge is 2.37. The predicted octanol–water partition coefficient (Wildman–Crippen LogP) is 4.45. The summed E-state index contributed by atoms with van der Waals surface area (Å²) in [5.74, 6) is -0.228.